The van der Waals surface area contributed by atoms with Crippen LogP contribution in [0.1, 0.15) is 56.7 Å². The molecule has 0 bridgehead atoms. The first-order valence-corrected chi connectivity index (χ1v) is 16.2. The Balaban J connectivity index is 0.000000186. The van der Waals surface area contributed by atoms with Crippen LogP contribution in [0.5, 0.6) is 0 Å². The molecule has 0 saturated heterocycles. The molecule has 0 aliphatic heterocycles. The Morgan fingerprint density at radius 3 is 0.804 bits per heavy atom. The summed E-state index contributed by atoms with van der Waals surface area (Å²) in [4.78, 5) is 13.0. The van der Waals surface area contributed by atoms with Gasteiger partial charge in [-0.2, -0.15) is 0 Å². The number of benzene rings is 3. The summed E-state index contributed by atoms with van der Waals surface area (Å²) in [5, 5.41) is 0. The van der Waals surface area contributed by atoms with E-state index in [1.807, 2.05) is 73.2 Å². The molecule has 0 fully saturated rings. The first-order chi connectivity index (χ1) is 22.2. The van der Waals surface area contributed by atoms with E-state index in [4.69, 9.17) is 0 Å². The molecule has 0 N–H and O–H groups in total. The summed E-state index contributed by atoms with van der Waals surface area (Å²) in [6.45, 7) is 6.60. The van der Waals surface area contributed by atoms with E-state index >= 15 is 0 Å². The summed E-state index contributed by atoms with van der Waals surface area (Å²) in [7, 11) is 0. The van der Waals surface area contributed by atoms with Crippen molar-refractivity contribution >= 4 is 0 Å². The summed E-state index contributed by atoms with van der Waals surface area (Å²) in [5.74, 6) is 0. The van der Waals surface area contributed by atoms with Gasteiger partial charge >= 0.3 is 0 Å². The van der Waals surface area contributed by atoms with Gasteiger partial charge in [0.15, 0.2) is 0 Å². The van der Waals surface area contributed by atoms with Crippen molar-refractivity contribution in [1.82, 2.24) is 15.0 Å². The number of rotatable bonds is 9. The molecule has 6 rings (SSSR count). The molecule has 3 aromatic heterocycles. The molecule has 0 saturated carbocycles. The van der Waals surface area contributed by atoms with Gasteiger partial charge in [0.25, 0.3) is 0 Å². The van der Waals surface area contributed by atoms with Crippen LogP contribution in [0.4, 0.5) is 0 Å². The van der Waals surface area contributed by atoms with Crippen molar-refractivity contribution in [3.05, 3.63) is 163 Å². The average Bonchev–Trinajstić information content (AvgIpc) is 3.11. The molecule has 4 heteroatoms. The molecule has 237 valence electrons. The van der Waals surface area contributed by atoms with Crippen LogP contribution in [0.15, 0.2) is 146 Å². The van der Waals surface area contributed by atoms with Crippen molar-refractivity contribution in [2.75, 3.05) is 0 Å². The molecule has 1 radical (unpaired) electrons. The van der Waals surface area contributed by atoms with Crippen LogP contribution in [0.25, 0.3) is 33.8 Å². The van der Waals surface area contributed by atoms with Crippen LogP contribution in [-0.2, 0) is 39.4 Å². The van der Waals surface area contributed by atoms with Crippen molar-refractivity contribution in [3.63, 3.8) is 0 Å². The van der Waals surface area contributed by atoms with Crippen molar-refractivity contribution in [2.45, 2.75) is 59.3 Å². The number of nitrogens with zero attached hydrogens (tertiary/aromatic N) is 3. The second kappa shape index (κ2) is 20.7. The van der Waals surface area contributed by atoms with Gasteiger partial charge in [0.1, 0.15) is 0 Å². The Bertz CT molecular complexity index is 1420. The van der Waals surface area contributed by atoms with Crippen LogP contribution in [0.2, 0.25) is 0 Å². The van der Waals surface area contributed by atoms with E-state index in [-0.39, 0.29) is 20.1 Å². The molecule has 3 heterocycles. The number of pyridine rings is 3. The third-order valence-electron chi connectivity index (χ3n) is 7.36. The first kappa shape index (κ1) is 36.2. The van der Waals surface area contributed by atoms with Gasteiger partial charge in [-0.15, -0.1) is 0 Å². The van der Waals surface area contributed by atoms with Gasteiger partial charge in [-0.25, -0.2) is 0 Å². The fourth-order valence-corrected chi connectivity index (χ4v) is 4.99. The van der Waals surface area contributed by atoms with Gasteiger partial charge in [0.2, 0.25) is 0 Å². The molecule has 0 aliphatic rings. The van der Waals surface area contributed by atoms with E-state index in [0.717, 1.165) is 36.3 Å². The van der Waals surface area contributed by atoms with Crippen LogP contribution >= 0.6 is 0 Å². The fourth-order valence-electron chi connectivity index (χ4n) is 4.99. The van der Waals surface area contributed by atoms with Gasteiger partial charge < -0.3 is 0 Å². The van der Waals surface area contributed by atoms with Gasteiger partial charge in [-0.3, -0.25) is 15.0 Å². The van der Waals surface area contributed by atoms with Gasteiger partial charge in [0, 0.05) is 55.4 Å². The fraction of sp³-hybridized carbons (Fsp3) is 0.214. The summed E-state index contributed by atoms with van der Waals surface area (Å²) in [6, 6.07) is 44.0. The zero-order valence-corrected chi connectivity index (χ0v) is 29.7. The minimum absolute atomic E-state index is 0. The van der Waals surface area contributed by atoms with Gasteiger partial charge in [-0.1, -0.05) is 131 Å². The third kappa shape index (κ3) is 11.9. The molecule has 6 aromatic rings. The van der Waals surface area contributed by atoms with E-state index in [1.165, 1.54) is 52.6 Å². The molecule has 46 heavy (non-hydrogen) atoms. The maximum Gasteiger partial charge on any atom is 0.0701 e. The van der Waals surface area contributed by atoms with Crippen molar-refractivity contribution in [2.24, 2.45) is 0 Å². The van der Waals surface area contributed by atoms with E-state index < -0.39 is 0 Å². The van der Waals surface area contributed by atoms with Crippen LogP contribution in [-0.4, -0.2) is 15.0 Å². The minimum atomic E-state index is 0. The first-order valence-electron chi connectivity index (χ1n) is 16.2. The molecule has 0 aliphatic carbocycles. The van der Waals surface area contributed by atoms with Crippen LogP contribution in [0.3, 0.4) is 0 Å². The molecule has 3 aromatic carbocycles. The number of hydrogen-bond donors (Lipinski definition) is 0. The molecule has 0 unspecified atom stereocenters. The van der Waals surface area contributed by atoms with E-state index in [0.29, 0.717) is 0 Å². The topological polar surface area (TPSA) is 38.7 Å². The number of hydrogen-bond acceptors (Lipinski definition) is 3. The SMILES string of the molecule is CCCc1ccc(-c2ccccn2)cc1.CCCc1ccc(-c2ccccn2)cc1.CCCc1ccc(-c2ccccn2)cc1.[Ir]. The monoisotopic (exact) mass is 784 g/mol. The molecular weight excluding hydrogens is 739 g/mol. The Kier molecular flexibility index (Phi) is 16.3. The molecule has 0 atom stereocenters. The number of aryl methyl sites for hydroxylation is 3. The molecular formula is C42H45IrN3. The minimum Gasteiger partial charge on any atom is -0.256 e. The average molecular weight is 784 g/mol. The van der Waals surface area contributed by atoms with Crippen LogP contribution < -0.4 is 0 Å². The molecule has 3 nitrogen and oxygen atoms in total. The smallest absolute Gasteiger partial charge is 0.0701 e. The standard InChI is InChI=1S/3C14H15N.Ir/c3*1-2-5-12-7-9-13(10-8-12)14-6-3-4-11-15-14;/h3*3-4,6-11H,2,5H2,1H3;. The van der Waals surface area contributed by atoms with Gasteiger partial charge in [-0.05, 0) is 72.4 Å². The summed E-state index contributed by atoms with van der Waals surface area (Å²) >= 11 is 0. The Morgan fingerprint density at radius 2 is 0.609 bits per heavy atom. The normalized spacial score (nSPS) is 9.98. The number of aromatic nitrogens is 3. The van der Waals surface area contributed by atoms with E-state index in [2.05, 4.69) is 109 Å². The second-order valence-corrected chi connectivity index (χ2v) is 11.0. The zero-order valence-electron chi connectivity index (χ0n) is 27.3. The second-order valence-electron chi connectivity index (χ2n) is 11.0. The summed E-state index contributed by atoms with van der Waals surface area (Å²) in [6.07, 6.45) is 12.5. The quantitative estimate of drug-likeness (QED) is 0.147. The molecule has 0 spiro atoms. The van der Waals surface area contributed by atoms with Crippen LogP contribution in [0, 0.1) is 0 Å². The largest absolute Gasteiger partial charge is 0.256 e. The Hall–Kier alpha value is -4.24. The van der Waals surface area contributed by atoms with Crippen molar-refractivity contribution < 1.29 is 20.1 Å². The maximum atomic E-state index is 4.32. The maximum absolute atomic E-state index is 4.32. The van der Waals surface area contributed by atoms with Gasteiger partial charge in [0.05, 0.1) is 17.1 Å². The third-order valence-corrected chi connectivity index (χ3v) is 7.36. The summed E-state index contributed by atoms with van der Waals surface area (Å²) < 4.78 is 0. The Labute approximate surface area is 289 Å². The van der Waals surface area contributed by atoms with E-state index in [1.54, 1.807) is 0 Å². The molecule has 0 amide bonds. The Morgan fingerprint density at radius 1 is 0.348 bits per heavy atom. The van der Waals surface area contributed by atoms with Crippen molar-refractivity contribution in [1.29, 1.82) is 0 Å². The predicted octanol–water partition coefficient (Wildman–Crippen LogP) is 11.1. The predicted molar refractivity (Wildman–Crippen MR) is 191 cm³/mol. The van der Waals surface area contributed by atoms with E-state index in [9.17, 15) is 0 Å². The summed E-state index contributed by atoms with van der Waals surface area (Å²) in [5.41, 5.74) is 10.9. The zero-order chi connectivity index (χ0) is 31.5. The van der Waals surface area contributed by atoms with Crippen molar-refractivity contribution in [3.8, 4) is 33.8 Å².